The third-order valence-corrected chi connectivity index (χ3v) is 6.08. The van der Waals surface area contributed by atoms with Crippen LogP contribution < -0.4 is 5.32 Å². The van der Waals surface area contributed by atoms with Crippen LogP contribution in [0, 0.1) is 0 Å². The van der Waals surface area contributed by atoms with Crippen LogP contribution in [0.5, 0.6) is 0 Å². The average Bonchev–Trinajstić information content (AvgIpc) is 3.48. The minimum atomic E-state index is -0.165. The number of ether oxygens (including phenoxy) is 2. The second-order valence-corrected chi connectivity index (χ2v) is 8.08. The Morgan fingerprint density at radius 3 is 2.82 bits per heavy atom. The molecule has 2 fully saturated rings. The van der Waals surface area contributed by atoms with Crippen molar-refractivity contribution in [2.24, 2.45) is 0 Å². The van der Waals surface area contributed by atoms with Crippen molar-refractivity contribution in [2.45, 2.75) is 30.7 Å². The molecule has 4 atom stereocenters. The molecule has 2 aromatic heterocycles. The van der Waals surface area contributed by atoms with Gasteiger partial charge in [-0.2, -0.15) is 0 Å². The average molecular weight is 396 g/mol. The van der Waals surface area contributed by atoms with E-state index in [4.69, 9.17) is 9.47 Å². The summed E-state index contributed by atoms with van der Waals surface area (Å²) in [6.07, 6.45) is 2.01. The lowest BCUT2D eigenvalue weighted by molar-refractivity contribution is -0.121. The van der Waals surface area contributed by atoms with Crippen molar-refractivity contribution in [1.29, 1.82) is 0 Å². The number of carbonyl (C=O) groups excluding carboxylic acids is 1. The van der Waals surface area contributed by atoms with Gasteiger partial charge in [0.25, 0.3) is 0 Å². The van der Waals surface area contributed by atoms with Crippen LogP contribution in [0.15, 0.2) is 54.0 Å². The number of benzene rings is 1. The number of nitrogens with zero attached hydrogens (tertiary/aromatic N) is 3. The Balaban J connectivity index is 1.25. The van der Waals surface area contributed by atoms with Crippen molar-refractivity contribution in [1.82, 2.24) is 20.3 Å². The van der Waals surface area contributed by atoms with Crippen LogP contribution in [0.1, 0.15) is 10.9 Å². The molecule has 2 aliphatic rings. The Kier molecular flexibility index (Phi) is 4.67. The topological polar surface area (TPSA) is 78.3 Å². The summed E-state index contributed by atoms with van der Waals surface area (Å²) in [7, 11) is 0. The summed E-state index contributed by atoms with van der Waals surface area (Å²) in [5, 5.41) is 13.6. The Hall–Kier alpha value is -2.55. The molecule has 0 spiro atoms. The second kappa shape index (κ2) is 7.46. The number of hydrogen-bond donors (Lipinski definition) is 1. The minimum absolute atomic E-state index is 0.00382. The highest BCUT2D eigenvalue weighted by Crippen LogP contribution is 2.34. The van der Waals surface area contributed by atoms with Gasteiger partial charge >= 0.3 is 0 Å². The van der Waals surface area contributed by atoms with Crippen molar-refractivity contribution in [3.8, 4) is 11.3 Å². The monoisotopic (exact) mass is 396 g/mol. The van der Waals surface area contributed by atoms with Gasteiger partial charge in [-0.1, -0.05) is 41.6 Å². The van der Waals surface area contributed by atoms with Gasteiger partial charge in [0.15, 0.2) is 0 Å². The van der Waals surface area contributed by atoms with Crippen LogP contribution in [0.3, 0.4) is 0 Å². The first-order valence-corrected chi connectivity index (χ1v) is 10.2. The molecule has 3 aromatic rings. The highest BCUT2D eigenvalue weighted by molar-refractivity contribution is 7.10. The number of aromatic nitrogens is 3. The Morgan fingerprint density at radius 2 is 2.00 bits per heavy atom. The predicted molar refractivity (Wildman–Crippen MR) is 104 cm³/mol. The molecule has 4 unspecified atom stereocenters. The summed E-state index contributed by atoms with van der Waals surface area (Å²) >= 11 is 1.58. The number of hydrogen-bond acceptors (Lipinski definition) is 6. The van der Waals surface area contributed by atoms with Gasteiger partial charge in [-0.05, 0) is 11.4 Å². The van der Waals surface area contributed by atoms with E-state index in [1.54, 1.807) is 11.3 Å². The molecule has 28 heavy (non-hydrogen) atoms. The Morgan fingerprint density at radius 1 is 1.14 bits per heavy atom. The first kappa shape index (κ1) is 17.5. The molecule has 1 aromatic carbocycles. The van der Waals surface area contributed by atoms with Gasteiger partial charge < -0.3 is 14.8 Å². The molecule has 7 nitrogen and oxygen atoms in total. The van der Waals surface area contributed by atoms with Gasteiger partial charge in [-0.3, -0.25) is 4.79 Å². The van der Waals surface area contributed by atoms with E-state index in [-0.39, 0.29) is 30.2 Å². The van der Waals surface area contributed by atoms with Crippen LogP contribution in [0.25, 0.3) is 11.3 Å². The van der Waals surface area contributed by atoms with E-state index in [1.165, 1.54) is 0 Å². The maximum absolute atomic E-state index is 12.3. The van der Waals surface area contributed by atoms with Gasteiger partial charge in [0.2, 0.25) is 5.91 Å². The summed E-state index contributed by atoms with van der Waals surface area (Å²) in [6.45, 7) is 0.937. The van der Waals surface area contributed by atoms with Crippen molar-refractivity contribution in [3.05, 3.63) is 58.9 Å². The van der Waals surface area contributed by atoms with Crippen molar-refractivity contribution >= 4 is 17.2 Å². The van der Waals surface area contributed by atoms with E-state index < -0.39 is 0 Å². The second-order valence-electron chi connectivity index (χ2n) is 7.04. The molecule has 5 rings (SSSR count). The number of fused-ring (bicyclic) bond motifs is 1. The summed E-state index contributed by atoms with van der Waals surface area (Å²) in [4.78, 5) is 13.4. The zero-order chi connectivity index (χ0) is 18.9. The van der Waals surface area contributed by atoms with E-state index in [1.807, 2.05) is 58.7 Å². The van der Waals surface area contributed by atoms with Gasteiger partial charge in [-0.25, -0.2) is 4.68 Å². The molecular formula is C20H20N4O3S. The van der Waals surface area contributed by atoms with Crippen molar-refractivity contribution in [3.63, 3.8) is 0 Å². The minimum Gasteiger partial charge on any atom is -0.371 e. The van der Waals surface area contributed by atoms with Crippen molar-refractivity contribution in [2.75, 3.05) is 13.2 Å². The van der Waals surface area contributed by atoms with Crippen LogP contribution >= 0.6 is 11.3 Å². The number of carbonyl (C=O) groups is 1. The first-order valence-electron chi connectivity index (χ1n) is 9.30. The molecule has 0 aliphatic carbocycles. The molecule has 2 saturated heterocycles. The third kappa shape index (κ3) is 3.34. The summed E-state index contributed by atoms with van der Waals surface area (Å²) in [6, 6.07) is 13.7. The molecule has 8 heteroatoms. The third-order valence-electron chi connectivity index (χ3n) is 5.21. The van der Waals surface area contributed by atoms with Crippen LogP contribution in [-0.2, 0) is 20.7 Å². The highest BCUT2D eigenvalue weighted by atomic mass is 32.1. The molecule has 0 saturated carbocycles. The number of thiophene rings is 1. The van der Waals surface area contributed by atoms with Crippen LogP contribution in [0.2, 0.25) is 0 Å². The first-order chi connectivity index (χ1) is 13.8. The summed E-state index contributed by atoms with van der Waals surface area (Å²) in [5.41, 5.74) is 1.85. The Labute approximate surface area is 166 Å². The molecule has 1 N–H and O–H groups in total. The predicted octanol–water partition coefficient (Wildman–Crippen LogP) is 2.07. The van der Waals surface area contributed by atoms with E-state index in [2.05, 4.69) is 15.6 Å². The van der Waals surface area contributed by atoms with E-state index in [9.17, 15) is 4.79 Å². The SMILES string of the molecule is O=C(Cc1cccs1)NC1COC2C1OCC2n1cc(-c2ccccc2)nn1. The fourth-order valence-corrected chi connectivity index (χ4v) is 4.54. The number of rotatable bonds is 5. The smallest absolute Gasteiger partial charge is 0.225 e. The van der Waals surface area contributed by atoms with Gasteiger partial charge in [0.1, 0.15) is 23.9 Å². The number of nitrogens with one attached hydrogen (secondary N) is 1. The van der Waals surface area contributed by atoms with Gasteiger partial charge in [0.05, 0.1) is 31.9 Å². The molecule has 4 heterocycles. The Bertz CT molecular complexity index is 944. The van der Waals surface area contributed by atoms with Gasteiger partial charge in [-0.15, -0.1) is 16.4 Å². The lowest BCUT2D eigenvalue weighted by atomic mass is 10.1. The van der Waals surface area contributed by atoms with Crippen LogP contribution in [0.4, 0.5) is 0 Å². The number of amides is 1. The molecule has 0 bridgehead atoms. The molecular weight excluding hydrogens is 376 g/mol. The fourth-order valence-electron chi connectivity index (χ4n) is 3.84. The zero-order valence-corrected chi connectivity index (χ0v) is 15.9. The maximum atomic E-state index is 12.3. The lowest BCUT2D eigenvalue weighted by Crippen LogP contribution is -2.44. The van der Waals surface area contributed by atoms with Crippen molar-refractivity contribution < 1.29 is 14.3 Å². The van der Waals surface area contributed by atoms with E-state index in [0.29, 0.717) is 19.6 Å². The van der Waals surface area contributed by atoms with E-state index >= 15 is 0 Å². The maximum Gasteiger partial charge on any atom is 0.225 e. The quantitative estimate of drug-likeness (QED) is 0.714. The molecule has 2 aliphatic heterocycles. The standard InChI is InChI=1S/C20H20N4O3S/c25-18(9-14-7-4-8-28-14)21-16-11-26-20-17(12-27-19(16)20)24-10-15(22-23-24)13-5-2-1-3-6-13/h1-8,10,16-17,19-20H,9,11-12H2,(H,21,25). The largest absolute Gasteiger partial charge is 0.371 e. The summed E-state index contributed by atoms with van der Waals surface area (Å²) < 4.78 is 13.8. The zero-order valence-electron chi connectivity index (χ0n) is 15.1. The van der Waals surface area contributed by atoms with Gasteiger partial charge in [0, 0.05) is 10.4 Å². The molecule has 0 radical (unpaired) electrons. The molecule has 144 valence electrons. The van der Waals surface area contributed by atoms with E-state index in [0.717, 1.165) is 16.1 Å². The van der Waals surface area contributed by atoms with Crippen LogP contribution in [-0.4, -0.2) is 52.4 Å². The highest BCUT2D eigenvalue weighted by Gasteiger charge is 2.49. The lowest BCUT2D eigenvalue weighted by Gasteiger charge is -2.17. The molecule has 1 amide bonds. The summed E-state index contributed by atoms with van der Waals surface area (Å²) in [5.74, 6) is -0.00382. The fraction of sp³-hybridized carbons (Fsp3) is 0.350. The normalized spacial score (nSPS) is 26.3.